The number of hydrogen-bond donors (Lipinski definition) is 2. The van der Waals surface area contributed by atoms with E-state index in [0.717, 1.165) is 36.8 Å². The first-order valence-corrected chi connectivity index (χ1v) is 19.8. The van der Waals surface area contributed by atoms with Crippen molar-refractivity contribution in [2.45, 2.75) is 89.5 Å². The van der Waals surface area contributed by atoms with Crippen molar-refractivity contribution in [2.24, 2.45) is 0 Å². The summed E-state index contributed by atoms with van der Waals surface area (Å²) in [6, 6.07) is 29.8. The highest BCUT2D eigenvalue weighted by atomic mass is 16.6. The summed E-state index contributed by atoms with van der Waals surface area (Å²) in [5, 5.41) is 5.09. The molecule has 2 N–H and O–H groups in total. The van der Waals surface area contributed by atoms with E-state index in [9.17, 15) is 28.8 Å². The van der Waals surface area contributed by atoms with Gasteiger partial charge in [0.15, 0.2) is 0 Å². The molecule has 14 heteroatoms. The van der Waals surface area contributed by atoms with Gasteiger partial charge in [-0.05, 0) is 59.4 Å². The lowest BCUT2D eigenvalue weighted by atomic mass is 10.1. The average Bonchev–Trinajstić information content (AvgIpc) is 3.26. The molecule has 0 heterocycles. The van der Waals surface area contributed by atoms with Gasteiger partial charge in [-0.3, -0.25) is 9.59 Å². The number of hydrogen-bond acceptors (Lipinski definition) is 12. The summed E-state index contributed by atoms with van der Waals surface area (Å²) in [4.78, 5) is 74.2. The topological polar surface area (TPSA) is 182 Å². The second kappa shape index (κ2) is 25.6. The predicted octanol–water partition coefficient (Wildman–Crippen LogP) is 7.34. The van der Waals surface area contributed by atoms with Gasteiger partial charge < -0.3 is 39.1 Å². The number of unbranched alkanes of at least 4 members (excludes halogenated alkanes) is 5. The maximum atomic E-state index is 12.4. The molecule has 0 spiro atoms. The van der Waals surface area contributed by atoms with Crippen LogP contribution < -0.4 is 20.1 Å². The molecule has 0 saturated carbocycles. The number of esters is 4. The molecule has 4 aromatic carbocycles. The quantitative estimate of drug-likeness (QED) is 0.0329. The maximum absolute atomic E-state index is 12.4. The Hall–Kier alpha value is -6.70. The van der Waals surface area contributed by atoms with Crippen molar-refractivity contribution in [1.29, 1.82) is 0 Å². The van der Waals surface area contributed by atoms with E-state index < -0.39 is 36.2 Å². The zero-order chi connectivity index (χ0) is 43.0. The molecule has 0 aliphatic rings. The Morgan fingerprint density at radius 2 is 0.800 bits per heavy atom. The van der Waals surface area contributed by atoms with E-state index in [-0.39, 0.29) is 50.8 Å². The van der Waals surface area contributed by atoms with E-state index in [1.807, 2.05) is 60.7 Å². The smallest absolute Gasteiger partial charge is 0.408 e. The van der Waals surface area contributed by atoms with Gasteiger partial charge in [0, 0.05) is 25.7 Å². The lowest BCUT2D eigenvalue weighted by molar-refractivity contribution is -0.143. The molecule has 2 amide bonds. The van der Waals surface area contributed by atoms with Crippen molar-refractivity contribution < 1.29 is 57.2 Å². The number of nitrogens with one attached hydrogen (secondary N) is 2. The highest BCUT2D eigenvalue weighted by Gasteiger charge is 2.24. The second-order valence-corrected chi connectivity index (χ2v) is 13.8. The van der Waals surface area contributed by atoms with Gasteiger partial charge in [0.2, 0.25) is 0 Å². The van der Waals surface area contributed by atoms with Crippen LogP contribution in [0, 0.1) is 0 Å². The minimum atomic E-state index is -0.970. The maximum Gasteiger partial charge on any atom is 0.408 e. The molecule has 2 atom stereocenters. The van der Waals surface area contributed by atoms with Gasteiger partial charge in [0.1, 0.15) is 36.8 Å². The normalized spacial score (nSPS) is 11.6. The number of amides is 2. The van der Waals surface area contributed by atoms with E-state index in [2.05, 4.69) is 10.6 Å². The first-order valence-electron chi connectivity index (χ1n) is 19.8. The van der Waals surface area contributed by atoms with E-state index in [0.29, 0.717) is 35.5 Å². The molecule has 318 valence electrons. The molecule has 0 aromatic heterocycles. The van der Waals surface area contributed by atoms with Gasteiger partial charge in [0.05, 0.1) is 14.2 Å². The van der Waals surface area contributed by atoms with Crippen molar-refractivity contribution in [3.8, 4) is 11.5 Å². The SMILES string of the molecule is COC(=O)[C@H](Cc1ccc(OC(=O)CCCCCCCCC(=O)Oc2ccc(C[C@H](NC(=O)OCc3ccccc3)C(=O)OC)cc2)cc1)NC(=O)OCc1ccccc1. The molecular formula is C46H52N2O12. The number of carbonyl (C=O) groups excluding carboxylic acids is 6. The Labute approximate surface area is 349 Å². The standard InChI is InChI=1S/C46H52N2O12/c1-55-43(51)39(47-45(53)57-31-35-15-9-7-10-16-35)29-33-21-25-37(26-22-33)59-41(49)19-13-5-3-4-6-14-20-42(50)60-38-27-23-34(24-28-38)30-40(44(52)56-2)48-46(54)58-32-36-17-11-8-12-18-36/h7-12,15-18,21-28,39-40H,3-6,13-14,19-20,29-32H2,1-2H3,(H,47,53)(H,48,54)/t39-,40-/m0/s1. The van der Waals surface area contributed by atoms with Crippen LogP contribution in [0.2, 0.25) is 0 Å². The first-order chi connectivity index (χ1) is 29.1. The molecule has 0 radical (unpaired) electrons. The minimum Gasteiger partial charge on any atom is -0.467 e. The number of benzene rings is 4. The molecule has 0 aliphatic heterocycles. The van der Waals surface area contributed by atoms with Gasteiger partial charge in [-0.15, -0.1) is 0 Å². The van der Waals surface area contributed by atoms with E-state index in [4.69, 9.17) is 28.4 Å². The summed E-state index contributed by atoms with van der Waals surface area (Å²) < 4.78 is 31.1. The summed E-state index contributed by atoms with van der Waals surface area (Å²) in [6.45, 7) is 0.116. The highest BCUT2D eigenvalue weighted by molar-refractivity contribution is 5.82. The summed E-state index contributed by atoms with van der Waals surface area (Å²) in [7, 11) is 2.48. The number of ether oxygens (including phenoxy) is 6. The molecule has 0 bridgehead atoms. The molecule has 0 aliphatic carbocycles. The van der Waals surface area contributed by atoms with Crippen molar-refractivity contribution in [3.05, 3.63) is 131 Å². The lowest BCUT2D eigenvalue weighted by Crippen LogP contribution is -2.43. The third kappa shape index (κ3) is 17.4. The van der Waals surface area contributed by atoms with Gasteiger partial charge in [0.25, 0.3) is 0 Å². The second-order valence-electron chi connectivity index (χ2n) is 13.8. The van der Waals surface area contributed by atoms with Gasteiger partial charge in [-0.25, -0.2) is 19.2 Å². The van der Waals surface area contributed by atoms with Crippen LogP contribution in [0.1, 0.15) is 73.6 Å². The van der Waals surface area contributed by atoms with Crippen LogP contribution in [-0.2, 0) is 64.2 Å². The number of rotatable bonds is 23. The third-order valence-electron chi connectivity index (χ3n) is 9.18. The number of alkyl carbamates (subject to hydrolysis) is 2. The molecule has 4 rings (SSSR count). The fraction of sp³-hybridized carbons (Fsp3) is 0.348. The highest BCUT2D eigenvalue weighted by Crippen LogP contribution is 2.18. The molecule has 0 unspecified atom stereocenters. The van der Waals surface area contributed by atoms with E-state index in [1.54, 1.807) is 48.5 Å². The van der Waals surface area contributed by atoms with Crippen LogP contribution in [-0.4, -0.2) is 62.4 Å². The van der Waals surface area contributed by atoms with E-state index in [1.165, 1.54) is 14.2 Å². The molecule has 60 heavy (non-hydrogen) atoms. The van der Waals surface area contributed by atoms with Gasteiger partial charge >= 0.3 is 36.1 Å². The summed E-state index contributed by atoms with van der Waals surface area (Å²) >= 11 is 0. The monoisotopic (exact) mass is 824 g/mol. The summed E-state index contributed by atoms with van der Waals surface area (Å²) in [5.74, 6) is -1.21. The summed E-state index contributed by atoms with van der Waals surface area (Å²) in [6.07, 6.45) is 4.12. The van der Waals surface area contributed by atoms with Gasteiger partial charge in [-0.1, -0.05) is 111 Å². The van der Waals surface area contributed by atoms with Crippen LogP contribution in [0.15, 0.2) is 109 Å². The minimum absolute atomic E-state index is 0.0578. The zero-order valence-electron chi connectivity index (χ0n) is 33.9. The van der Waals surface area contributed by atoms with Crippen molar-refractivity contribution in [2.75, 3.05) is 14.2 Å². The van der Waals surface area contributed by atoms with Crippen LogP contribution in [0.3, 0.4) is 0 Å². The molecule has 0 saturated heterocycles. The third-order valence-corrected chi connectivity index (χ3v) is 9.18. The molecule has 0 fully saturated rings. The average molecular weight is 825 g/mol. The number of carbonyl (C=O) groups is 6. The molecule has 4 aromatic rings. The largest absolute Gasteiger partial charge is 0.467 e. The Bertz CT molecular complexity index is 1810. The fourth-order valence-electron chi connectivity index (χ4n) is 5.95. The Kier molecular flexibility index (Phi) is 19.6. The Balaban J connectivity index is 1.05. The number of methoxy groups -OCH3 is 2. The van der Waals surface area contributed by atoms with E-state index >= 15 is 0 Å². The molecule has 14 nitrogen and oxygen atoms in total. The van der Waals surface area contributed by atoms with Crippen LogP contribution in [0.25, 0.3) is 0 Å². The van der Waals surface area contributed by atoms with Crippen LogP contribution in [0.5, 0.6) is 11.5 Å². The van der Waals surface area contributed by atoms with Crippen molar-refractivity contribution in [3.63, 3.8) is 0 Å². The zero-order valence-corrected chi connectivity index (χ0v) is 33.9. The lowest BCUT2D eigenvalue weighted by Gasteiger charge is -2.17. The Morgan fingerprint density at radius 3 is 1.15 bits per heavy atom. The fourth-order valence-corrected chi connectivity index (χ4v) is 5.95. The van der Waals surface area contributed by atoms with Crippen LogP contribution >= 0.6 is 0 Å². The summed E-state index contributed by atoms with van der Waals surface area (Å²) in [5.41, 5.74) is 3.05. The van der Waals surface area contributed by atoms with Crippen molar-refractivity contribution >= 4 is 36.1 Å². The van der Waals surface area contributed by atoms with Gasteiger partial charge in [-0.2, -0.15) is 0 Å². The van der Waals surface area contributed by atoms with Crippen molar-refractivity contribution in [1.82, 2.24) is 10.6 Å². The molecular weight excluding hydrogens is 773 g/mol. The Morgan fingerprint density at radius 1 is 0.450 bits per heavy atom. The van der Waals surface area contributed by atoms with Crippen LogP contribution in [0.4, 0.5) is 9.59 Å². The predicted molar refractivity (Wildman–Crippen MR) is 220 cm³/mol. The first kappa shape index (κ1) is 46.0.